The molecule has 1 aliphatic carbocycles. The van der Waals surface area contributed by atoms with Crippen LogP contribution >= 0.6 is 0 Å². The molecule has 1 saturated heterocycles. The number of rotatable bonds is 4. The Morgan fingerprint density at radius 1 is 1.00 bits per heavy atom. The molecule has 0 N–H and O–H groups in total. The highest BCUT2D eigenvalue weighted by Gasteiger charge is 2.31. The molecular formula is C19H28N2O3S. The Kier molecular flexibility index (Phi) is 5.79. The van der Waals surface area contributed by atoms with Gasteiger partial charge in [0.25, 0.3) is 0 Å². The predicted octanol–water partition coefficient (Wildman–Crippen LogP) is 2.55. The van der Waals surface area contributed by atoms with Crippen LogP contribution in [0.25, 0.3) is 0 Å². The number of carbonyl (C=O) groups excluding carboxylic acids is 1. The van der Waals surface area contributed by atoms with Crippen molar-refractivity contribution in [2.45, 2.75) is 44.8 Å². The van der Waals surface area contributed by atoms with Crippen molar-refractivity contribution in [3.63, 3.8) is 0 Å². The molecule has 1 aliphatic heterocycles. The minimum atomic E-state index is -3.35. The molecule has 25 heavy (non-hydrogen) atoms. The Hall–Kier alpha value is -1.40. The van der Waals surface area contributed by atoms with Crippen molar-refractivity contribution < 1.29 is 13.2 Å². The first-order valence-electron chi connectivity index (χ1n) is 9.28. The summed E-state index contributed by atoms with van der Waals surface area (Å²) in [7, 11) is -3.35. The van der Waals surface area contributed by atoms with Crippen LogP contribution in [0, 0.1) is 12.8 Å². The fourth-order valence-electron chi connectivity index (χ4n) is 3.81. The van der Waals surface area contributed by atoms with Crippen LogP contribution in [0.2, 0.25) is 0 Å². The lowest BCUT2D eigenvalue weighted by Crippen LogP contribution is -2.39. The summed E-state index contributed by atoms with van der Waals surface area (Å²) in [5, 5.41) is 0. The molecule has 2 aliphatic rings. The van der Waals surface area contributed by atoms with Gasteiger partial charge in [0.05, 0.1) is 5.75 Å². The van der Waals surface area contributed by atoms with Gasteiger partial charge in [-0.15, -0.1) is 0 Å². The van der Waals surface area contributed by atoms with E-state index in [0.29, 0.717) is 32.6 Å². The number of sulfonamides is 1. The molecule has 0 spiro atoms. The molecule has 5 nitrogen and oxygen atoms in total. The van der Waals surface area contributed by atoms with Crippen LogP contribution in [0.1, 0.15) is 43.2 Å². The van der Waals surface area contributed by atoms with Crippen LogP contribution in [-0.4, -0.2) is 49.7 Å². The van der Waals surface area contributed by atoms with Gasteiger partial charge in [0.1, 0.15) is 0 Å². The molecular weight excluding hydrogens is 336 g/mol. The van der Waals surface area contributed by atoms with E-state index in [1.807, 2.05) is 36.1 Å². The second-order valence-corrected chi connectivity index (χ2v) is 9.27. The van der Waals surface area contributed by atoms with Crippen LogP contribution in [0.4, 0.5) is 0 Å². The molecule has 0 unspecified atom stereocenters. The van der Waals surface area contributed by atoms with E-state index < -0.39 is 10.0 Å². The number of nitrogens with zero attached hydrogens (tertiary/aromatic N) is 2. The van der Waals surface area contributed by atoms with Crippen LogP contribution in [-0.2, 0) is 20.6 Å². The Labute approximate surface area is 151 Å². The average molecular weight is 365 g/mol. The molecule has 1 heterocycles. The third-order valence-corrected chi connectivity index (χ3v) is 7.18. The van der Waals surface area contributed by atoms with Gasteiger partial charge in [-0.2, -0.15) is 4.31 Å². The molecule has 1 aromatic rings. The lowest BCUT2D eigenvalue weighted by Gasteiger charge is -2.24. The van der Waals surface area contributed by atoms with Gasteiger partial charge in [-0.1, -0.05) is 42.7 Å². The van der Waals surface area contributed by atoms with Gasteiger partial charge in [0, 0.05) is 32.1 Å². The number of hydrogen-bond donors (Lipinski definition) is 0. The quantitative estimate of drug-likeness (QED) is 0.825. The van der Waals surface area contributed by atoms with E-state index >= 15 is 0 Å². The van der Waals surface area contributed by atoms with Gasteiger partial charge in [-0.3, -0.25) is 4.79 Å². The first kappa shape index (κ1) is 18.4. The van der Waals surface area contributed by atoms with E-state index in [4.69, 9.17) is 0 Å². The maximum absolute atomic E-state index is 12.7. The number of hydrogen-bond acceptors (Lipinski definition) is 3. The third kappa shape index (κ3) is 4.61. The summed E-state index contributed by atoms with van der Waals surface area (Å²) in [4.78, 5) is 14.5. The maximum Gasteiger partial charge on any atom is 0.225 e. The highest BCUT2D eigenvalue weighted by atomic mass is 32.2. The highest BCUT2D eigenvalue weighted by molar-refractivity contribution is 7.88. The predicted molar refractivity (Wildman–Crippen MR) is 98.5 cm³/mol. The lowest BCUT2D eigenvalue weighted by molar-refractivity contribution is -0.135. The summed E-state index contributed by atoms with van der Waals surface area (Å²) in [6, 6.07) is 7.63. The second-order valence-electron chi connectivity index (χ2n) is 7.30. The standard InChI is InChI=1S/C19H28N2O3S/c1-16-7-9-17(10-8-16)15-25(23,24)21-12-4-11-20(13-14-21)19(22)18-5-2-3-6-18/h7-10,18H,2-6,11-15H2,1H3. The molecule has 0 radical (unpaired) electrons. The first-order valence-corrected chi connectivity index (χ1v) is 10.9. The molecule has 1 saturated carbocycles. The summed E-state index contributed by atoms with van der Waals surface area (Å²) in [5.74, 6) is 0.426. The van der Waals surface area contributed by atoms with Gasteiger partial charge in [0.2, 0.25) is 15.9 Å². The van der Waals surface area contributed by atoms with Crippen molar-refractivity contribution in [3.8, 4) is 0 Å². The molecule has 2 fully saturated rings. The van der Waals surface area contributed by atoms with Crippen molar-refractivity contribution in [2.24, 2.45) is 5.92 Å². The molecule has 6 heteroatoms. The van der Waals surface area contributed by atoms with E-state index in [9.17, 15) is 13.2 Å². The molecule has 138 valence electrons. The summed E-state index contributed by atoms with van der Waals surface area (Å²) >= 11 is 0. The zero-order valence-corrected chi connectivity index (χ0v) is 15.8. The maximum atomic E-state index is 12.7. The van der Waals surface area contributed by atoms with Gasteiger partial charge in [-0.25, -0.2) is 8.42 Å². The number of aryl methyl sites for hydroxylation is 1. The lowest BCUT2D eigenvalue weighted by atomic mass is 10.1. The van der Waals surface area contributed by atoms with Crippen molar-refractivity contribution in [3.05, 3.63) is 35.4 Å². The van der Waals surface area contributed by atoms with E-state index in [-0.39, 0.29) is 17.6 Å². The smallest absolute Gasteiger partial charge is 0.225 e. The molecule has 3 rings (SSSR count). The minimum absolute atomic E-state index is 0.0316. The first-order chi connectivity index (χ1) is 12.0. The molecule has 0 bridgehead atoms. The summed E-state index contributed by atoms with van der Waals surface area (Å²) in [5.41, 5.74) is 1.94. The Balaban J connectivity index is 1.61. The van der Waals surface area contributed by atoms with Crippen LogP contribution in [0.5, 0.6) is 0 Å². The summed E-state index contributed by atoms with van der Waals surface area (Å²) in [6.45, 7) is 4.09. The van der Waals surface area contributed by atoms with Gasteiger partial charge < -0.3 is 4.90 Å². The Morgan fingerprint density at radius 2 is 1.68 bits per heavy atom. The van der Waals surface area contributed by atoms with Crippen molar-refractivity contribution in [1.82, 2.24) is 9.21 Å². The van der Waals surface area contributed by atoms with Crippen LogP contribution in [0.15, 0.2) is 24.3 Å². The Bertz CT molecular complexity index is 694. The van der Waals surface area contributed by atoms with Crippen molar-refractivity contribution >= 4 is 15.9 Å². The van der Waals surface area contributed by atoms with Gasteiger partial charge in [-0.05, 0) is 31.7 Å². The van der Waals surface area contributed by atoms with E-state index in [0.717, 1.165) is 36.8 Å². The average Bonchev–Trinajstić information content (AvgIpc) is 3.00. The number of carbonyl (C=O) groups is 1. The van der Waals surface area contributed by atoms with Gasteiger partial charge >= 0.3 is 0 Å². The van der Waals surface area contributed by atoms with Crippen molar-refractivity contribution in [1.29, 1.82) is 0 Å². The molecule has 1 amide bonds. The molecule has 1 aromatic carbocycles. The molecule has 0 atom stereocenters. The summed E-state index contributed by atoms with van der Waals surface area (Å²) in [6.07, 6.45) is 4.98. The Morgan fingerprint density at radius 3 is 2.36 bits per heavy atom. The van der Waals surface area contributed by atoms with Crippen LogP contribution < -0.4 is 0 Å². The third-order valence-electron chi connectivity index (χ3n) is 5.33. The van der Waals surface area contributed by atoms with E-state index in [1.54, 1.807) is 4.31 Å². The zero-order chi connectivity index (χ0) is 17.9. The van der Waals surface area contributed by atoms with E-state index in [2.05, 4.69) is 0 Å². The summed E-state index contributed by atoms with van der Waals surface area (Å²) < 4.78 is 27.1. The fourth-order valence-corrected chi connectivity index (χ4v) is 5.37. The second kappa shape index (κ2) is 7.87. The minimum Gasteiger partial charge on any atom is -0.341 e. The van der Waals surface area contributed by atoms with E-state index in [1.165, 1.54) is 0 Å². The SMILES string of the molecule is Cc1ccc(CS(=O)(=O)N2CCCN(C(=O)C3CCCC3)CC2)cc1. The number of amides is 1. The topological polar surface area (TPSA) is 57.7 Å². The monoisotopic (exact) mass is 364 g/mol. The number of benzene rings is 1. The fraction of sp³-hybridized carbons (Fsp3) is 0.632. The van der Waals surface area contributed by atoms with Crippen LogP contribution in [0.3, 0.4) is 0 Å². The van der Waals surface area contributed by atoms with Gasteiger partial charge in [0.15, 0.2) is 0 Å². The highest BCUT2D eigenvalue weighted by Crippen LogP contribution is 2.27. The zero-order valence-electron chi connectivity index (χ0n) is 15.0. The molecule has 0 aromatic heterocycles. The normalized spacial score (nSPS) is 20.6. The largest absolute Gasteiger partial charge is 0.341 e. The van der Waals surface area contributed by atoms with Crippen molar-refractivity contribution in [2.75, 3.05) is 26.2 Å².